The minimum absolute atomic E-state index is 0.0678. The van der Waals surface area contributed by atoms with Crippen molar-refractivity contribution in [2.24, 2.45) is 0 Å². The Hall–Kier alpha value is -2.92. The number of unbranched alkanes of at least 4 members (excludes halogenated alkanes) is 31. The number of carbonyl (C=O) groups is 2. The molecule has 0 amide bonds. The monoisotopic (exact) mass is 947 g/mol. The lowest BCUT2D eigenvalue weighted by molar-refractivity contribution is -0.161. The smallest absolute Gasteiger partial charge is 0.306 e. The van der Waals surface area contributed by atoms with Gasteiger partial charge < -0.3 is 14.6 Å². The number of hydrogen-bond donors (Lipinski definition) is 1. The number of esters is 2. The first-order chi connectivity index (χ1) is 33.6. The molecule has 0 aliphatic rings. The third kappa shape index (κ3) is 55.7. The maximum Gasteiger partial charge on any atom is 0.306 e. The number of aliphatic hydroxyl groups excluding tert-OH is 1. The van der Waals surface area contributed by atoms with Crippen molar-refractivity contribution in [1.29, 1.82) is 0 Å². The Morgan fingerprint density at radius 2 is 0.632 bits per heavy atom. The molecule has 0 aliphatic heterocycles. The quantitative estimate of drug-likeness (QED) is 0.0374. The molecule has 0 saturated heterocycles. The van der Waals surface area contributed by atoms with Gasteiger partial charge in [-0.15, -0.1) is 0 Å². The van der Waals surface area contributed by atoms with E-state index >= 15 is 0 Å². The number of aliphatic hydroxyl groups is 1. The molecule has 0 heterocycles. The Labute approximate surface area is 422 Å². The Morgan fingerprint density at radius 1 is 0.353 bits per heavy atom. The summed E-state index contributed by atoms with van der Waals surface area (Å²) in [5, 5.41) is 9.65. The van der Waals surface area contributed by atoms with E-state index < -0.39 is 6.10 Å². The van der Waals surface area contributed by atoms with E-state index in [1.54, 1.807) is 0 Å². The van der Waals surface area contributed by atoms with Gasteiger partial charge in [-0.1, -0.05) is 266 Å². The van der Waals surface area contributed by atoms with E-state index in [4.69, 9.17) is 9.47 Å². The average molecular weight is 948 g/mol. The van der Waals surface area contributed by atoms with Gasteiger partial charge in [0.2, 0.25) is 0 Å². The Kier molecular flexibility index (Phi) is 55.9. The van der Waals surface area contributed by atoms with E-state index in [9.17, 15) is 14.7 Å². The Balaban J connectivity index is 3.45. The summed E-state index contributed by atoms with van der Waals surface area (Å²) in [5.74, 6) is -0.587. The van der Waals surface area contributed by atoms with Crippen LogP contribution in [0.2, 0.25) is 0 Å². The van der Waals surface area contributed by atoms with Crippen LogP contribution in [0.25, 0.3) is 0 Å². The summed E-state index contributed by atoms with van der Waals surface area (Å²) < 4.78 is 10.7. The van der Waals surface area contributed by atoms with E-state index in [-0.39, 0.29) is 25.2 Å². The molecule has 1 unspecified atom stereocenters. The molecule has 0 aromatic carbocycles. The number of ether oxygens (including phenoxy) is 2. The van der Waals surface area contributed by atoms with Crippen LogP contribution in [0.5, 0.6) is 0 Å². The molecule has 0 fully saturated rings. The van der Waals surface area contributed by atoms with Crippen LogP contribution in [0.15, 0.2) is 85.1 Å². The van der Waals surface area contributed by atoms with Gasteiger partial charge in [-0.05, 0) is 89.9 Å². The lowest BCUT2D eigenvalue weighted by atomic mass is 10.0. The highest BCUT2D eigenvalue weighted by Gasteiger charge is 2.16. The summed E-state index contributed by atoms with van der Waals surface area (Å²) in [6.07, 6.45) is 81.4. The molecule has 0 aromatic heterocycles. The van der Waals surface area contributed by atoms with Crippen LogP contribution in [0.3, 0.4) is 0 Å². The van der Waals surface area contributed by atoms with Gasteiger partial charge in [0.05, 0.1) is 6.61 Å². The molecule has 1 atom stereocenters. The van der Waals surface area contributed by atoms with Gasteiger partial charge in [0.25, 0.3) is 0 Å². The van der Waals surface area contributed by atoms with Crippen molar-refractivity contribution in [2.75, 3.05) is 13.2 Å². The molecular formula is C63H110O5. The number of carbonyl (C=O) groups excluding carboxylic acids is 2. The zero-order valence-corrected chi connectivity index (χ0v) is 44.9. The molecule has 5 nitrogen and oxygen atoms in total. The molecule has 0 bridgehead atoms. The van der Waals surface area contributed by atoms with Crippen molar-refractivity contribution in [3.63, 3.8) is 0 Å². The largest absolute Gasteiger partial charge is 0.462 e. The summed E-state index contributed by atoms with van der Waals surface area (Å²) >= 11 is 0. The second-order valence-corrected chi connectivity index (χ2v) is 19.3. The number of allylic oxidation sites excluding steroid dienone is 14. The zero-order chi connectivity index (χ0) is 49.2. The Bertz CT molecular complexity index is 1250. The summed E-state index contributed by atoms with van der Waals surface area (Å²) in [5.41, 5.74) is 0. The molecular weight excluding hydrogens is 837 g/mol. The van der Waals surface area contributed by atoms with Gasteiger partial charge in [0.15, 0.2) is 6.10 Å². The van der Waals surface area contributed by atoms with Crippen LogP contribution < -0.4 is 0 Å². The van der Waals surface area contributed by atoms with Crippen LogP contribution in [0.4, 0.5) is 0 Å². The summed E-state index contributed by atoms with van der Waals surface area (Å²) in [7, 11) is 0. The van der Waals surface area contributed by atoms with Gasteiger partial charge in [-0.3, -0.25) is 9.59 Å². The number of hydrogen-bond acceptors (Lipinski definition) is 5. The van der Waals surface area contributed by atoms with Crippen molar-refractivity contribution in [3.05, 3.63) is 85.1 Å². The summed E-state index contributed by atoms with van der Waals surface area (Å²) in [6, 6.07) is 0. The molecule has 5 heteroatoms. The van der Waals surface area contributed by atoms with Crippen molar-refractivity contribution in [1.82, 2.24) is 0 Å². The van der Waals surface area contributed by atoms with E-state index in [0.29, 0.717) is 12.8 Å². The molecule has 392 valence electrons. The Morgan fingerprint density at radius 3 is 0.956 bits per heavy atom. The highest BCUT2D eigenvalue weighted by Crippen LogP contribution is 2.16. The van der Waals surface area contributed by atoms with E-state index in [1.807, 2.05) is 0 Å². The standard InChI is InChI=1S/C63H110O5/c1-3-5-7-9-11-13-15-17-19-21-23-24-25-26-27-28-29-30-31-32-33-34-35-36-37-38-40-42-44-46-48-50-52-54-56-58-63(66)68-61(59-64)60-67-62(65)57-55-53-51-49-47-45-43-41-39-22-20-18-16-14-12-10-8-6-4-2/h5,7,11-14,17-20,23-24,26-27,61,64H,3-4,6,8-10,15-16,21-22,25,28-60H2,1-2H3/b7-5-,13-11-,14-12-,19-17-,20-18-,24-23-,27-26-. The third-order valence-corrected chi connectivity index (χ3v) is 12.7. The lowest BCUT2D eigenvalue weighted by Crippen LogP contribution is -2.28. The van der Waals surface area contributed by atoms with Gasteiger partial charge in [-0.25, -0.2) is 0 Å². The normalized spacial score (nSPS) is 12.8. The second-order valence-electron chi connectivity index (χ2n) is 19.3. The van der Waals surface area contributed by atoms with E-state index in [0.717, 1.165) is 77.0 Å². The summed E-state index contributed by atoms with van der Waals surface area (Å²) in [6.45, 7) is 4.02. The molecule has 0 spiro atoms. The fourth-order valence-corrected chi connectivity index (χ4v) is 8.32. The lowest BCUT2D eigenvalue weighted by Gasteiger charge is -2.15. The first-order valence-corrected chi connectivity index (χ1v) is 29.1. The van der Waals surface area contributed by atoms with Crippen molar-refractivity contribution >= 4 is 11.9 Å². The van der Waals surface area contributed by atoms with Gasteiger partial charge in [-0.2, -0.15) is 0 Å². The highest BCUT2D eigenvalue weighted by molar-refractivity contribution is 5.70. The van der Waals surface area contributed by atoms with Gasteiger partial charge in [0, 0.05) is 12.8 Å². The molecule has 0 aromatic rings. The maximum absolute atomic E-state index is 12.3. The average Bonchev–Trinajstić information content (AvgIpc) is 3.34. The minimum atomic E-state index is -0.776. The van der Waals surface area contributed by atoms with E-state index in [2.05, 4.69) is 98.9 Å². The SMILES string of the molecule is CC/C=C\C/C=C\C/C=C\C/C=C\C/C=C\CCCCCCCCCCCCCCCCCCCCCC(=O)OC(CO)COC(=O)CCCCCCCCCCC/C=C\C/C=C\CCCCC. The second kappa shape index (κ2) is 58.4. The van der Waals surface area contributed by atoms with E-state index in [1.165, 1.54) is 180 Å². The predicted octanol–water partition coefficient (Wildman–Crippen LogP) is 19.8. The minimum Gasteiger partial charge on any atom is -0.462 e. The molecule has 0 radical (unpaired) electrons. The highest BCUT2D eigenvalue weighted by atomic mass is 16.6. The zero-order valence-electron chi connectivity index (χ0n) is 44.9. The molecule has 0 saturated carbocycles. The van der Waals surface area contributed by atoms with Gasteiger partial charge >= 0.3 is 11.9 Å². The van der Waals surface area contributed by atoms with Crippen molar-refractivity contribution in [3.8, 4) is 0 Å². The fraction of sp³-hybridized carbons (Fsp3) is 0.746. The van der Waals surface area contributed by atoms with Crippen molar-refractivity contribution in [2.45, 2.75) is 290 Å². The van der Waals surface area contributed by atoms with Crippen LogP contribution in [0, 0.1) is 0 Å². The molecule has 1 N–H and O–H groups in total. The van der Waals surface area contributed by atoms with Crippen LogP contribution in [-0.2, 0) is 19.1 Å². The summed E-state index contributed by atoms with van der Waals surface area (Å²) in [4.78, 5) is 24.5. The molecule has 0 rings (SSSR count). The van der Waals surface area contributed by atoms with Crippen LogP contribution >= 0.6 is 0 Å². The van der Waals surface area contributed by atoms with Crippen LogP contribution in [-0.4, -0.2) is 36.4 Å². The van der Waals surface area contributed by atoms with Crippen LogP contribution in [0.1, 0.15) is 284 Å². The fourth-order valence-electron chi connectivity index (χ4n) is 8.32. The predicted molar refractivity (Wildman–Crippen MR) is 297 cm³/mol. The first-order valence-electron chi connectivity index (χ1n) is 29.1. The third-order valence-electron chi connectivity index (χ3n) is 12.7. The topological polar surface area (TPSA) is 72.8 Å². The first kappa shape index (κ1) is 65.1. The van der Waals surface area contributed by atoms with Crippen molar-refractivity contribution < 1.29 is 24.2 Å². The van der Waals surface area contributed by atoms with Gasteiger partial charge in [0.1, 0.15) is 6.61 Å². The number of rotatable bonds is 53. The molecule has 68 heavy (non-hydrogen) atoms. The maximum atomic E-state index is 12.3. The molecule has 0 aliphatic carbocycles.